The molecule has 22 heavy (non-hydrogen) atoms. The standard InChI is InChI=1S/C16H17NO3S2/c1-2-22(19,20)14-5-3-13(4-6-14)16(18)17-9-7-12-8-10-21-15(12)11-17/h3-6,8,10H,2,7,9,11H2,1H3. The van der Waals surface area contributed by atoms with Crippen molar-refractivity contribution in [2.75, 3.05) is 12.3 Å². The first-order chi connectivity index (χ1) is 10.5. The van der Waals surface area contributed by atoms with Gasteiger partial charge in [-0.3, -0.25) is 4.79 Å². The van der Waals surface area contributed by atoms with Crippen molar-refractivity contribution in [2.24, 2.45) is 0 Å². The average molecular weight is 335 g/mol. The molecule has 1 aliphatic heterocycles. The summed E-state index contributed by atoms with van der Waals surface area (Å²) in [5.41, 5.74) is 1.87. The Hall–Kier alpha value is -1.66. The van der Waals surface area contributed by atoms with Crippen LogP contribution in [0.1, 0.15) is 27.7 Å². The van der Waals surface area contributed by atoms with E-state index in [-0.39, 0.29) is 16.6 Å². The van der Waals surface area contributed by atoms with Gasteiger partial charge in [-0.25, -0.2) is 8.42 Å². The van der Waals surface area contributed by atoms with Crippen LogP contribution < -0.4 is 0 Å². The molecule has 0 saturated carbocycles. The summed E-state index contributed by atoms with van der Waals surface area (Å²) in [5.74, 6) is 0.0209. The van der Waals surface area contributed by atoms with Crippen molar-refractivity contribution in [2.45, 2.75) is 24.8 Å². The Bertz CT molecular complexity index is 791. The number of sulfone groups is 1. The Morgan fingerprint density at radius 2 is 1.95 bits per heavy atom. The zero-order valence-corrected chi connectivity index (χ0v) is 13.9. The molecule has 0 atom stereocenters. The maximum absolute atomic E-state index is 12.5. The first-order valence-corrected chi connectivity index (χ1v) is 9.72. The number of hydrogen-bond acceptors (Lipinski definition) is 4. The number of fused-ring (bicyclic) bond motifs is 1. The van der Waals surface area contributed by atoms with Gasteiger partial charge < -0.3 is 4.90 Å². The highest BCUT2D eigenvalue weighted by Crippen LogP contribution is 2.25. The SMILES string of the molecule is CCS(=O)(=O)c1ccc(C(=O)N2CCc3ccsc3C2)cc1. The summed E-state index contributed by atoms with van der Waals surface area (Å²) in [6.45, 7) is 2.96. The van der Waals surface area contributed by atoms with E-state index in [1.54, 1.807) is 30.4 Å². The van der Waals surface area contributed by atoms with Crippen LogP contribution in [-0.2, 0) is 22.8 Å². The van der Waals surface area contributed by atoms with E-state index in [1.165, 1.54) is 22.6 Å². The third-order valence-electron chi connectivity index (χ3n) is 3.95. The third kappa shape index (κ3) is 2.80. The largest absolute Gasteiger partial charge is 0.333 e. The Morgan fingerprint density at radius 1 is 1.23 bits per heavy atom. The first-order valence-electron chi connectivity index (χ1n) is 7.18. The smallest absolute Gasteiger partial charge is 0.254 e. The molecule has 0 fully saturated rings. The Balaban J connectivity index is 1.79. The average Bonchev–Trinajstić information content (AvgIpc) is 3.02. The molecule has 3 rings (SSSR count). The predicted molar refractivity (Wildman–Crippen MR) is 86.9 cm³/mol. The minimum Gasteiger partial charge on any atom is -0.333 e. The summed E-state index contributed by atoms with van der Waals surface area (Å²) in [5, 5.41) is 2.06. The second kappa shape index (κ2) is 5.85. The second-order valence-electron chi connectivity index (χ2n) is 5.27. The maximum atomic E-state index is 12.5. The van der Waals surface area contributed by atoms with Gasteiger partial charge in [-0.15, -0.1) is 11.3 Å². The van der Waals surface area contributed by atoms with Crippen LogP contribution in [0.4, 0.5) is 0 Å². The van der Waals surface area contributed by atoms with E-state index in [2.05, 4.69) is 11.4 Å². The van der Waals surface area contributed by atoms with Crippen LogP contribution in [0.15, 0.2) is 40.6 Å². The summed E-state index contributed by atoms with van der Waals surface area (Å²) < 4.78 is 23.6. The van der Waals surface area contributed by atoms with Gasteiger partial charge >= 0.3 is 0 Å². The van der Waals surface area contributed by atoms with Gasteiger partial charge in [-0.1, -0.05) is 6.92 Å². The minimum absolute atomic E-state index is 0.0421. The van der Waals surface area contributed by atoms with Crippen molar-refractivity contribution in [3.8, 4) is 0 Å². The summed E-state index contributed by atoms with van der Waals surface area (Å²) in [7, 11) is -3.22. The lowest BCUT2D eigenvalue weighted by molar-refractivity contribution is 0.0737. The van der Waals surface area contributed by atoms with Gasteiger partial charge in [0, 0.05) is 17.0 Å². The minimum atomic E-state index is -3.22. The molecule has 0 radical (unpaired) electrons. The van der Waals surface area contributed by atoms with Crippen LogP contribution in [0.3, 0.4) is 0 Å². The topological polar surface area (TPSA) is 54.5 Å². The van der Waals surface area contributed by atoms with Crippen LogP contribution in [0.25, 0.3) is 0 Å². The number of hydrogen-bond donors (Lipinski definition) is 0. The lowest BCUT2D eigenvalue weighted by Crippen LogP contribution is -2.35. The van der Waals surface area contributed by atoms with Crippen molar-refractivity contribution in [3.05, 3.63) is 51.7 Å². The van der Waals surface area contributed by atoms with Gasteiger partial charge in [0.1, 0.15) is 0 Å². The van der Waals surface area contributed by atoms with Gasteiger partial charge in [0.2, 0.25) is 0 Å². The Morgan fingerprint density at radius 3 is 2.64 bits per heavy atom. The predicted octanol–water partition coefficient (Wildman–Crippen LogP) is 2.74. The highest BCUT2D eigenvalue weighted by atomic mass is 32.2. The molecule has 0 aliphatic carbocycles. The monoisotopic (exact) mass is 335 g/mol. The molecule has 0 saturated heterocycles. The number of carbonyl (C=O) groups is 1. The molecule has 6 heteroatoms. The first kappa shape index (κ1) is 15.2. The number of carbonyl (C=O) groups excluding carboxylic acids is 1. The molecule has 0 bridgehead atoms. The van der Waals surface area contributed by atoms with Crippen LogP contribution in [0.2, 0.25) is 0 Å². The lowest BCUT2D eigenvalue weighted by Gasteiger charge is -2.27. The van der Waals surface area contributed by atoms with Crippen LogP contribution in [0, 0.1) is 0 Å². The fourth-order valence-corrected chi connectivity index (χ4v) is 4.40. The van der Waals surface area contributed by atoms with Gasteiger partial charge in [-0.05, 0) is 47.7 Å². The molecule has 0 spiro atoms. The zero-order chi connectivity index (χ0) is 15.7. The van der Waals surface area contributed by atoms with Gasteiger partial charge in [-0.2, -0.15) is 0 Å². The zero-order valence-electron chi connectivity index (χ0n) is 12.3. The van der Waals surface area contributed by atoms with Crippen LogP contribution in [0.5, 0.6) is 0 Å². The number of benzene rings is 1. The van der Waals surface area contributed by atoms with Crippen molar-refractivity contribution in [1.29, 1.82) is 0 Å². The second-order valence-corrected chi connectivity index (χ2v) is 8.55. The summed E-state index contributed by atoms with van der Waals surface area (Å²) in [4.78, 5) is 15.9. The molecule has 116 valence electrons. The molecule has 2 aromatic rings. The number of thiophene rings is 1. The van der Waals surface area contributed by atoms with Crippen molar-refractivity contribution in [1.82, 2.24) is 4.90 Å². The molecule has 0 N–H and O–H groups in total. The summed E-state index contributed by atoms with van der Waals surface area (Å²) in [6.07, 6.45) is 0.882. The number of amides is 1. The fourth-order valence-electron chi connectivity index (χ4n) is 2.56. The van der Waals surface area contributed by atoms with Gasteiger partial charge in [0.25, 0.3) is 5.91 Å². The number of nitrogens with zero attached hydrogens (tertiary/aromatic N) is 1. The molecule has 2 heterocycles. The van der Waals surface area contributed by atoms with E-state index in [0.29, 0.717) is 18.7 Å². The quantitative estimate of drug-likeness (QED) is 0.867. The fraction of sp³-hybridized carbons (Fsp3) is 0.312. The van der Waals surface area contributed by atoms with E-state index in [9.17, 15) is 13.2 Å². The van der Waals surface area contributed by atoms with Crippen molar-refractivity contribution in [3.63, 3.8) is 0 Å². The molecular formula is C16H17NO3S2. The van der Waals surface area contributed by atoms with E-state index in [0.717, 1.165) is 6.42 Å². The van der Waals surface area contributed by atoms with Crippen LogP contribution in [-0.4, -0.2) is 31.5 Å². The molecular weight excluding hydrogens is 318 g/mol. The molecule has 4 nitrogen and oxygen atoms in total. The Labute approximate surface area is 134 Å². The van der Waals surface area contributed by atoms with Gasteiger partial charge in [0.05, 0.1) is 17.2 Å². The van der Waals surface area contributed by atoms with E-state index in [1.807, 2.05) is 4.90 Å². The molecule has 1 amide bonds. The van der Waals surface area contributed by atoms with E-state index >= 15 is 0 Å². The van der Waals surface area contributed by atoms with Crippen LogP contribution >= 0.6 is 11.3 Å². The molecule has 1 aliphatic rings. The van der Waals surface area contributed by atoms with Gasteiger partial charge in [0.15, 0.2) is 9.84 Å². The van der Waals surface area contributed by atoms with E-state index < -0.39 is 9.84 Å². The van der Waals surface area contributed by atoms with E-state index in [4.69, 9.17) is 0 Å². The summed E-state index contributed by atoms with van der Waals surface area (Å²) in [6, 6.07) is 8.37. The van der Waals surface area contributed by atoms with Crippen molar-refractivity contribution >= 4 is 27.1 Å². The molecule has 0 unspecified atom stereocenters. The highest BCUT2D eigenvalue weighted by Gasteiger charge is 2.23. The maximum Gasteiger partial charge on any atom is 0.254 e. The number of rotatable bonds is 3. The van der Waals surface area contributed by atoms with Crippen molar-refractivity contribution < 1.29 is 13.2 Å². The normalized spacial score (nSPS) is 14.7. The molecule has 1 aromatic carbocycles. The third-order valence-corrected chi connectivity index (χ3v) is 6.65. The summed E-state index contributed by atoms with van der Waals surface area (Å²) >= 11 is 1.68. The Kier molecular flexibility index (Phi) is 4.06. The lowest BCUT2D eigenvalue weighted by atomic mass is 10.1. The molecule has 1 aromatic heterocycles. The highest BCUT2D eigenvalue weighted by molar-refractivity contribution is 7.91.